The largest absolute Gasteiger partial charge is 0.493 e. The van der Waals surface area contributed by atoms with Gasteiger partial charge in [0.1, 0.15) is 5.75 Å². The van der Waals surface area contributed by atoms with Gasteiger partial charge >= 0.3 is 0 Å². The second kappa shape index (κ2) is 6.85. The summed E-state index contributed by atoms with van der Waals surface area (Å²) < 4.78 is 7.69. The summed E-state index contributed by atoms with van der Waals surface area (Å²) in [6, 6.07) is 19.7. The Morgan fingerprint density at radius 1 is 1.04 bits per heavy atom. The number of hydrogen-bond acceptors (Lipinski definition) is 2. The van der Waals surface area contributed by atoms with Crippen molar-refractivity contribution in [3.8, 4) is 11.4 Å². The molecule has 4 heteroatoms. The maximum absolute atomic E-state index is 12.4. The Morgan fingerprint density at radius 2 is 1.80 bits per heavy atom. The van der Waals surface area contributed by atoms with Gasteiger partial charge in [0.15, 0.2) is 0 Å². The number of carbonyl (C=O) groups is 1. The first kappa shape index (κ1) is 15.5. The van der Waals surface area contributed by atoms with Gasteiger partial charge in [0.25, 0.3) is 5.91 Å². The van der Waals surface area contributed by atoms with Crippen LogP contribution in [0.2, 0.25) is 0 Å². The summed E-state index contributed by atoms with van der Waals surface area (Å²) in [6.45, 7) is 1.32. The van der Waals surface area contributed by atoms with Gasteiger partial charge in [-0.05, 0) is 54.4 Å². The molecule has 25 heavy (non-hydrogen) atoms. The quantitative estimate of drug-likeness (QED) is 0.790. The van der Waals surface area contributed by atoms with Crippen molar-refractivity contribution >= 4 is 5.91 Å². The summed E-state index contributed by atoms with van der Waals surface area (Å²) in [5, 5.41) is 3.06. The molecule has 0 saturated heterocycles. The minimum atomic E-state index is -0.0389. The molecule has 126 valence electrons. The third-order valence-corrected chi connectivity index (χ3v) is 4.62. The number of ether oxygens (including phenoxy) is 1. The van der Waals surface area contributed by atoms with Gasteiger partial charge in [-0.25, -0.2) is 0 Å². The standard InChI is InChI=1S/C21H20N2O2/c24-21(16-7-9-18(10-8-16)23-12-3-4-13-23)22-15-17-11-14-25-20-6-2-1-5-19(17)20/h1-10,12-13,17H,11,14-15H2,(H,22,24). The number of nitrogens with one attached hydrogen (secondary N) is 1. The number of para-hydroxylation sites is 1. The Hall–Kier alpha value is -3.01. The summed E-state index contributed by atoms with van der Waals surface area (Å²) in [6.07, 6.45) is 4.89. The van der Waals surface area contributed by atoms with Crippen LogP contribution in [-0.4, -0.2) is 23.6 Å². The molecule has 1 aliphatic rings. The van der Waals surface area contributed by atoms with E-state index in [1.54, 1.807) is 0 Å². The molecule has 1 aromatic heterocycles. The van der Waals surface area contributed by atoms with Gasteiger partial charge in [0.2, 0.25) is 0 Å². The highest BCUT2D eigenvalue weighted by Gasteiger charge is 2.21. The molecular formula is C21H20N2O2. The van der Waals surface area contributed by atoms with Crippen LogP contribution in [0.4, 0.5) is 0 Å². The van der Waals surface area contributed by atoms with Gasteiger partial charge < -0.3 is 14.6 Å². The second-order valence-corrected chi connectivity index (χ2v) is 6.22. The number of amides is 1. The predicted molar refractivity (Wildman–Crippen MR) is 97.4 cm³/mol. The number of fused-ring (bicyclic) bond motifs is 1. The summed E-state index contributed by atoms with van der Waals surface area (Å²) in [4.78, 5) is 12.4. The van der Waals surface area contributed by atoms with Crippen molar-refractivity contribution in [2.24, 2.45) is 0 Å². The fourth-order valence-corrected chi connectivity index (χ4v) is 3.24. The van der Waals surface area contributed by atoms with Crippen molar-refractivity contribution in [1.29, 1.82) is 0 Å². The zero-order chi connectivity index (χ0) is 17.1. The normalized spacial score (nSPS) is 15.9. The first-order valence-electron chi connectivity index (χ1n) is 8.54. The van der Waals surface area contributed by atoms with E-state index in [0.717, 1.165) is 17.9 Å². The highest BCUT2D eigenvalue weighted by Crippen LogP contribution is 2.32. The highest BCUT2D eigenvalue weighted by molar-refractivity contribution is 5.94. The van der Waals surface area contributed by atoms with Crippen LogP contribution in [0.25, 0.3) is 5.69 Å². The summed E-state index contributed by atoms with van der Waals surface area (Å²) in [5.41, 5.74) is 2.90. The van der Waals surface area contributed by atoms with E-state index in [4.69, 9.17) is 4.74 Å². The first-order valence-corrected chi connectivity index (χ1v) is 8.54. The molecule has 1 atom stereocenters. The molecule has 2 heterocycles. The van der Waals surface area contributed by atoms with Crippen LogP contribution >= 0.6 is 0 Å². The van der Waals surface area contributed by atoms with E-state index in [9.17, 15) is 4.79 Å². The maximum atomic E-state index is 12.4. The monoisotopic (exact) mass is 332 g/mol. The lowest BCUT2D eigenvalue weighted by Gasteiger charge is -2.26. The van der Waals surface area contributed by atoms with Crippen LogP contribution < -0.4 is 10.1 Å². The second-order valence-electron chi connectivity index (χ2n) is 6.22. The first-order chi connectivity index (χ1) is 12.3. The van der Waals surface area contributed by atoms with E-state index in [-0.39, 0.29) is 5.91 Å². The number of aromatic nitrogens is 1. The molecule has 3 aromatic rings. The molecular weight excluding hydrogens is 312 g/mol. The smallest absolute Gasteiger partial charge is 0.251 e. The van der Waals surface area contributed by atoms with E-state index in [1.807, 2.05) is 71.6 Å². The molecule has 4 rings (SSSR count). The van der Waals surface area contributed by atoms with Crippen molar-refractivity contribution < 1.29 is 9.53 Å². The molecule has 0 spiro atoms. The SMILES string of the molecule is O=C(NCC1CCOc2ccccc21)c1ccc(-n2cccc2)cc1. The molecule has 0 aliphatic carbocycles. The molecule has 1 aliphatic heterocycles. The summed E-state index contributed by atoms with van der Waals surface area (Å²) in [7, 11) is 0. The highest BCUT2D eigenvalue weighted by atomic mass is 16.5. The van der Waals surface area contributed by atoms with Crippen molar-refractivity contribution in [3.63, 3.8) is 0 Å². The van der Waals surface area contributed by atoms with Crippen LogP contribution in [0.5, 0.6) is 5.75 Å². The van der Waals surface area contributed by atoms with Gasteiger partial charge in [0, 0.05) is 36.1 Å². The van der Waals surface area contributed by atoms with E-state index in [1.165, 1.54) is 5.56 Å². The minimum absolute atomic E-state index is 0.0389. The van der Waals surface area contributed by atoms with Crippen molar-refractivity contribution in [3.05, 3.63) is 84.2 Å². The van der Waals surface area contributed by atoms with E-state index < -0.39 is 0 Å². The average molecular weight is 332 g/mol. The molecule has 1 amide bonds. The van der Waals surface area contributed by atoms with Crippen LogP contribution in [-0.2, 0) is 0 Å². The molecule has 4 nitrogen and oxygen atoms in total. The lowest BCUT2D eigenvalue weighted by Crippen LogP contribution is -2.30. The van der Waals surface area contributed by atoms with Crippen molar-refractivity contribution in [2.75, 3.05) is 13.2 Å². The van der Waals surface area contributed by atoms with E-state index in [0.29, 0.717) is 24.6 Å². The fraction of sp³-hybridized carbons (Fsp3) is 0.190. The van der Waals surface area contributed by atoms with Crippen LogP contribution in [0, 0.1) is 0 Å². The topological polar surface area (TPSA) is 43.3 Å². The molecule has 2 aromatic carbocycles. The molecule has 0 saturated carbocycles. The molecule has 1 N–H and O–H groups in total. The van der Waals surface area contributed by atoms with Crippen LogP contribution in [0.1, 0.15) is 28.3 Å². The average Bonchev–Trinajstić information content (AvgIpc) is 3.21. The Morgan fingerprint density at radius 3 is 2.60 bits per heavy atom. The van der Waals surface area contributed by atoms with Crippen molar-refractivity contribution in [2.45, 2.75) is 12.3 Å². The molecule has 1 unspecified atom stereocenters. The number of rotatable bonds is 4. The Kier molecular flexibility index (Phi) is 4.25. The third-order valence-electron chi connectivity index (χ3n) is 4.62. The van der Waals surface area contributed by atoms with E-state index >= 15 is 0 Å². The molecule has 0 radical (unpaired) electrons. The minimum Gasteiger partial charge on any atom is -0.493 e. The summed E-state index contributed by atoms with van der Waals surface area (Å²) >= 11 is 0. The predicted octanol–water partition coefficient (Wildman–Crippen LogP) is 3.77. The third kappa shape index (κ3) is 3.29. The number of hydrogen-bond donors (Lipinski definition) is 1. The van der Waals surface area contributed by atoms with Crippen LogP contribution in [0.15, 0.2) is 73.1 Å². The fourth-order valence-electron chi connectivity index (χ4n) is 3.24. The maximum Gasteiger partial charge on any atom is 0.251 e. The zero-order valence-electron chi connectivity index (χ0n) is 13.9. The van der Waals surface area contributed by atoms with Gasteiger partial charge in [-0.3, -0.25) is 4.79 Å². The summed E-state index contributed by atoms with van der Waals surface area (Å²) in [5.74, 6) is 1.19. The molecule has 0 bridgehead atoms. The number of carbonyl (C=O) groups excluding carboxylic acids is 1. The Balaban J connectivity index is 1.41. The molecule has 0 fully saturated rings. The van der Waals surface area contributed by atoms with Gasteiger partial charge in [-0.15, -0.1) is 0 Å². The Labute approximate surface area is 147 Å². The number of benzene rings is 2. The van der Waals surface area contributed by atoms with Gasteiger partial charge in [-0.2, -0.15) is 0 Å². The lowest BCUT2D eigenvalue weighted by molar-refractivity contribution is 0.0948. The van der Waals surface area contributed by atoms with E-state index in [2.05, 4.69) is 11.4 Å². The van der Waals surface area contributed by atoms with Crippen molar-refractivity contribution in [1.82, 2.24) is 9.88 Å². The van der Waals surface area contributed by atoms with Gasteiger partial charge in [-0.1, -0.05) is 18.2 Å². The lowest BCUT2D eigenvalue weighted by atomic mass is 9.93. The number of nitrogens with zero attached hydrogens (tertiary/aromatic N) is 1. The zero-order valence-corrected chi connectivity index (χ0v) is 13.9. The van der Waals surface area contributed by atoms with Crippen LogP contribution in [0.3, 0.4) is 0 Å². The van der Waals surface area contributed by atoms with Gasteiger partial charge in [0.05, 0.1) is 6.61 Å². The Bertz CT molecular complexity index is 854.